The summed E-state index contributed by atoms with van der Waals surface area (Å²) in [6.45, 7) is 1.55. The molecule has 0 fully saturated rings. The zero-order valence-electron chi connectivity index (χ0n) is 10.8. The van der Waals surface area contributed by atoms with Crippen LogP contribution in [-0.4, -0.2) is 28.5 Å². The Morgan fingerprint density at radius 2 is 2.00 bits per heavy atom. The van der Waals surface area contributed by atoms with Gasteiger partial charge >= 0.3 is 0 Å². The lowest BCUT2D eigenvalue weighted by atomic mass is 10.2. The van der Waals surface area contributed by atoms with E-state index >= 15 is 0 Å². The molecule has 4 heteroatoms. The minimum Gasteiger partial charge on any atom is -0.297 e. The van der Waals surface area contributed by atoms with Crippen LogP contribution in [0, 0.1) is 5.82 Å². The fourth-order valence-corrected chi connectivity index (χ4v) is 1.70. The molecule has 98 valence electrons. The number of benzene rings is 1. The number of nitrogens with zero attached hydrogens (tertiary/aromatic N) is 3. The maximum absolute atomic E-state index is 12.7. The van der Waals surface area contributed by atoms with Crippen molar-refractivity contribution >= 4 is 6.08 Å². The Kier molecular flexibility index (Phi) is 4.75. The zero-order valence-corrected chi connectivity index (χ0v) is 10.8. The van der Waals surface area contributed by atoms with Crippen LogP contribution in [0.25, 0.3) is 6.08 Å². The van der Waals surface area contributed by atoms with E-state index in [-0.39, 0.29) is 5.82 Å². The van der Waals surface area contributed by atoms with Crippen molar-refractivity contribution < 1.29 is 4.39 Å². The van der Waals surface area contributed by atoms with Crippen LogP contribution in [0.1, 0.15) is 11.3 Å². The molecule has 2 aromatic rings. The average molecular weight is 257 g/mol. The fraction of sp³-hybridized carbons (Fsp3) is 0.200. The lowest BCUT2D eigenvalue weighted by Crippen LogP contribution is -2.18. The number of halogens is 1. The van der Waals surface area contributed by atoms with Gasteiger partial charge in [-0.1, -0.05) is 24.3 Å². The minimum atomic E-state index is -0.211. The van der Waals surface area contributed by atoms with Crippen LogP contribution in [-0.2, 0) is 6.54 Å². The molecule has 1 heterocycles. The molecule has 0 spiro atoms. The number of aromatic nitrogens is 2. The molecule has 0 unspecified atom stereocenters. The highest BCUT2D eigenvalue weighted by atomic mass is 19.1. The quantitative estimate of drug-likeness (QED) is 0.824. The van der Waals surface area contributed by atoms with Crippen LogP contribution in [0.15, 0.2) is 48.9 Å². The van der Waals surface area contributed by atoms with Crippen molar-refractivity contribution in [3.63, 3.8) is 0 Å². The molecular weight excluding hydrogens is 241 g/mol. The average Bonchev–Trinajstić information content (AvgIpc) is 2.42. The predicted octanol–water partition coefficient (Wildman–Crippen LogP) is 2.76. The summed E-state index contributed by atoms with van der Waals surface area (Å²) in [5.41, 5.74) is 1.94. The maximum atomic E-state index is 12.7. The van der Waals surface area contributed by atoms with Crippen LogP contribution >= 0.6 is 0 Å². The molecule has 0 radical (unpaired) electrons. The van der Waals surface area contributed by atoms with Crippen LogP contribution in [0.3, 0.4) is 0 Å². The van der Waals surface area contributed by atoms with E-state index < -0.39 is 0 Å². The summed E-state index contributed by atoms with van der Waals surface area (Å²) in [4.78, 5) is 10.4. The molecule has 0 saturated heterocycles. The van der Waals surface area contributed by atoms with Gasteiger partial charge in [0.25, 0.3) is 0 Å². The summed E-state index contributed by atoms with van der Waals surface area (Å²) < 4.78 is 12.7. The molecule has 3 nitrogen and oxygen atoms in total. The van der Waals surface area contributed by atoms with Crippen LogP contribution < -0.4 is 0 Å². The summed E-state index contributed by atoms with van der Waals surface area (Å²) >= 11 is 0. The monoisotopic (exact) mass is 257 g/mol. The Labute approximate surface area is 112 Å². The molecule has 0 aliphatic rings. The number of rotatable bonds is 5. The van der Waals surface area contributed by atoms with E-state index in [1.165, 1.54) is 12.1 Å². The largest absolute Gasteiger partial charge is 0.297 e. The van der Waals surface area contributed by atoms with Crippen molar-refractivity contribution in [1.82, 2.24) is 14.9 Å². The van der Waals surface area contributed by atoms with Gasteiger partial charge in [-0.25, -0.2) is 4.39 Å². The van der Waals surface area contributed by atoms with Crippen molar-refractivity contribution in [2.24, 2.45) is 0 Å². The Morgan fingerprint density at radius 3 is 2.68 bits per heavy atom. The van der Waals surface area contributed by atoms with E-state index in [4.69, 9.17) is 0 Å². The molecule has 0 aliphatic heterocycles. The Hall–Kier alpha value is -2.07. The summed E-state index contributed by atoms with van der Waals surface area (Å²) in [5.74, 6) is -0.211. The van der Waals surface area contributed by atoms with E-state index in [1.54, 1.807) is 30.7 Å². The Balaban J connectivity index is 1.83. The molecular formula is C15H16FN3. The number of likely N-dealkylation sites (N-methyl/N-ethyl adjacent to an activating group) is 1. The van der Waals surface area contributed by atoms with Gasteiger partial charge in [0.15, 0.2) is 0 Å². The molecule has 19 heavy (non-hydrogen) atoms. The normalized spacial score (nSPS) is 11.3. The topological polar surface area (TPSA) is 29.0 Å². The lowest BCUT2D eigenvalue weighted by Gasteiger charge is -2.12. The highest BCUT2D eigenvalue weighted by molar-refractivity contribution is 5.48. The molecule has 0 N–H and O–H groups in total. The van der Waals surface area contributed by atoms with E-state index in [1.807, 2.05) is 19.2 Å². The first-order chi connectivity index (χ1) is 9.24. The maximum Gasteiger partial charge on any atom is 0.123 e. The van der Waals surface area contributed by atoms with Gasteiger partial charge in [0.1, 0.15) is 5.82 Å². The smallest absolute Gasteiger partial charge is 0.123 e. The molecule has 1 aromatic heterocycles. The second-order valence-electron chi connectivity index (χ2n) is 4.35. The first kappa shape index (κ1) is 13.4. The second-order valence-corrected chi connectivity index (χ2v) is 4.35. The third-order valence-corrected chi connectivity index (χ3v) is 2.65. The molecule has 0 amide bonds. The highest BCUT2D eigenvalue weighted by Gasteiger charge is 1.98. The Morgan fingerprint density at radius 1 is 1.21 bits per heavy atom. The first-order valence-corrected chi connectivity index (χ1v) is 6.09. The second kappa shape index (κ2) is 6.75. The van der Waals surface area contributed by atoms with Crippen LogP contribution in [0.4, 0.5) is 4.39 Å². The van der Waals surface area contributed by atoms with Gasteiger partial charge in [-0.3, -0.25) is 14.9 Å². The third kappa shape index (κ3) is 4.60. The van der Waals surface area contributed by atoms with E-state index in [2.05, 4.69) is 14.9 Å². The minimum absolute atomic E-state index is 0.211. The number of hydrogen-bond acceptors (Lipinski definition) is 3. The number of hydrogen-bond donors (Lipinski definition) is 0. The molecule has 0 atom stereocenters. The van der Waals surface area contributed by atoms with E-state index in [0.29, 0.717) is 0 Å². The van der Waals surface area contributed by atoms with Gasteiger partial charge in [-0.05, 0) is 24.7 Å². The van der Waals surface area contributed by atoms with Crippen LogP contribution in [0.2, 0.25) is 0 Å². The third-order valence-electron chi connectivity index (χ3n) is 2.65. The molecule has 1 aromatic carbocycles. The molecule has 0 bridgehead atoms. The van der Waals surface area contributed by atoms with Gasteiger partial charge in [0.2, 0.25) is 0 Å². The summed E-state index contributed by atoms with van der Waals surface area (Å²) in [7, 11) is 2.02. The lowest BCUT2D eigenvalue weighted by molar-refractivity contribution is 0.358. The zero-order chi connectivity index (χ0) is 13.5. The van der Waals surface area contributed by atoms with Gasteiger partial charge in [0.05, 0.1) is 5.69 Å². The molecule has 0 aliphatic carbocycles. The van der Waals surface area contributed by atoms with Gasteiger partial charge in [-0.15, -0.1) is 0 Å². The summed E-state index contributed by atoms with van der Waals surface area (Å²) in [6.07, 6.45) is 9.14. The fourth-order valence-electron chi connectivity index (χ4n) is 1.70. The van der Waals surface area contributed by atoms with Crippen molar-refractivity contribution in [3.05, 3.63) is 66.0 Å². The SMILES string of the molecule is CN(C/C=C/c1ccc(F)cc1)Cc1cnccn1. The molecule has 0 saturated carbocycles. The highest BCUT2D eigenvalue weighted by Crippen LogP contribution is 2.05. The first-order valence-electron chi connectivity index (χ1n) is 6.09. The Bertz CT molecular complexity index is 523. The molecule has 2 rings (SSSR count). The van der Waals surface area contributed by atoms with E-state index in [9.17, 15) is 4.39 Å². The van der Waals surface area contributed by atoms with Crippen molar-refractivity contribution in [2.45, 2.75) is 6.54 Å². The van der Waals surface area contributed by atoms with Crippen molar-refractivity contribution in [3.8, 4) is 0 Å². The standard InChI is InChI=1S/C15H16FN3/c1-19(12-15-11-17-8-9-18-15)10-2-3-13-4-6-14(16)7-5-13/h2-9,11H,10,12H2,1H3/b3-2+. The van der Waals surface area contributed by atoms with Crippen molar-refractivity contribution in [2.75, 3.05) is 13.6 Å². The van der Waals surface area contributed by atoms with E-state index in [0.717, 1.165) is 24.3 Å². The van der Waals surface area contributed by atoms with Crippen LogP contribution in [0.5, 0.6) is 0 Å². The van der Waals surface area contributed by atoms with Gasteiger partial charge < -0.3 is 0 Å². The van der Waals surface area contributed by atoms with Crippen molar-refractivity contribution in [1.29, 1.82) is 0 Å². The van der Waals surface area contributed by atoms with Gasteiger partial charge in [-0.2, -0.15) is 0 Å². The van der Waals surface area contributed by atoms with Gasteiger partial charge in [0, 0.05) is 31.7 Å². The summed E-state index contributed by atoms with van der Waals surface area (Å²) in [5, 5.41) is 0. The summed E-state index contributed by atoms with van der Waals surface area (Å²) in [6, 6.07) is 6.44. The predicted molar refractivity (Wildman–Crippen MR) is 73.8 cm³/mol.